The van der Waals surface area contributed by atoms with E-state index < -0.39 is 0 Å². The fraction of sp³-hybridized carbons (Fsp3) is 0.522. The van der Waals surface area contributed by atoms with Crippen molar-refractivity contribution in [2.45, 2.75) is 45.6 Å². The largest absolute Gasteiger partial charge is 0.497 e. The molecule has 2 fully saturated rings. The van der Waals surface area contributed by atoms with Crippen LogP contribution in [-0.2, 0) is 0 Å². The van der Waals surface area contributed by atoms with E-state index in [0.29, 0.717) is 6.04 Å². The van der Waals surface area contributed by atoms with E-state index in [1.807, 2.05) is 42.2 Å². The van der Waals surface area contributed by atoms with Gasteiger partial charge < -0.3 is 19.5 Å². The third-order valence-electron chi connectivity index (χ3n) is 6.17. The highest BCUT2D eigenvalue weighted by molar-refractivity contribution is 5.96. The molecule has 28 heavy (non-hydrogen) atoms. The molecule has 0 spiro atoms. The van der Waals surface area contributed by atoms with Crippen molar-refractivity contribution in [3.05, 3.63) is 47.3 Å². The molecule has 0 unspecified atom stereocenters. The molecule has 5 heteroatoms. The summed E-state index contributed by atoms with van der Waals surface area (Å²) < 4.78 is 7.40. The van der Waals surface area contributed by atoms with E-state index in [1.54, 1.807) is 7.11 Å². The van der Waals surface area contributed by atoms with Crippen LogP contribution in [0.2, 0.25) is 0 Å². The van der Waals surface area contributed by atoms with E-state index in [-0.39, 0.29) is 5.91 Å². The molecule has 1 amide bonds. The molecule has 1 aliphatic heterocycles. The van der Waals surface area contributed by atoms with Gasteiger partial charge in [0.05, 0.1) is 12.7 Å². The fourth-order valence-electron chi connectivity index (χ4n) is 4.22. The lowest BCUT2D eigenvalue weighted by atomic mass is 10.0. The summed E-state index contributed by atoms with van der Waals surface area (Å²) in [5, 5.41) is 3.69. The highest BCUT2D eigenvalue weighted by Crippen LogP contribution is 2.28. The summed E-state index contributed by atoms with van der Waals surface area (Å²) in [5.41, 5.74) is 3.95. The number of hydrogen-bond acceptors (Lipinski definition) is 3. The van der Waals surface area contributed by atoms with E-state index in [1.165, 1.54) is 12.8 Å². The zero-order valence-corrected chi connectivity index (χ0v) is 17.2. The van der Waals surface area contributed by atoms with Crippen LogP contribution in [0, 0.1) is 19.8 Å². The van der Waals surface area contributed by atoms with E-state index in [4.69, 9.17) is 4.74 Å². The van der Waals surface area contributed by atoms with Gasteiger partial charge in [-0.25, -0.2) is 0 Å². The van der Waals surface area contributed by atoms with Crippen molar-refractivity contribution in [1.82, 2.24) is 14.8 Å². The number of carbonyl (C=O) groups is 1. The third kappa shape index (κ3) is 3.95. The Morgan fingerprint density at radius 3 is 2.39 bits per heavy atom. The lowest BCUT2D eigenvalue weighted by Gasteiger charge is -2.32. The highest BCUT2D eigenvalue weighted by atomic mass is 16.5. The molecule has 1 N–H and O–H groups in total. The van der Waals surface area contributed by atoms with E-state index >= 15 is 0 Å². The van der Waals surface area contributed by atoms with Gasteiger partial charge in [-0.3, -0.25) is 4.79 Å². The van der Waals surface area contributed by atoms with Crippen LogP contribution in [0.25, 0.3) is 5.69 Å². The number of nitrogens with one attached hydrogen (secondary N) is 1. The number of aryl methyl sites for hydroxylation is 1. The molecule has 1 aromatic carbocycles. The Morgan fingerprint density at radius 2 is 1.79 bits per heavy atom. The molecule has 2 heterocycles. The van der Waals surface area contributed by atoms with Gasteiger partial charge in [0.15, 0.2) is 0 Å². The second-order valence-electron chi connectivity index (χ2n) is 8.24. The van der Waals surface area contributed by atoms with Gasteiger partial charge in [-0.2, -0.15) is 0 Å². The van der Waals surface area contributed by atoms with Gasteiger partial charge in [0.1, 0.15) is 5.75 Å². The first-order valence-electron chi connectivity index (χ1n) is 10.4. The second-order valence-corrected chi connectivity index (χ2v) is 8.24. The van der Waals surface area contributed by atoms with Crippen LogP contribution in [0.5, 0.6) is 5.75 Å². The topological polar surface area (TPSA) is 46.5 Å². The summed E-state index contributed by atoms with van der Waals surface area (Å²) >= 11 is 0. The molecule has 150 valence electrons. The number of amides is 1. The second kappa shape index (κ2) is 8.00. The number of aromatic nitrogens is 1. The standard InChI is InChI=1S/C23H31N3O2/c1-16-14-22(17(2)26(16)20-6-8-21(28-3)9-7-20)23(27)25-12-10-19(11-13-25)24-15-18-4-5-18/h6-9,14,18-19,24H,4-5,10-13,15H2,1-3H3. The lowest BCUT2D eigenvalue weighted by Crippen LogP contribution is -2.45. The highest BCUT2D eigenvalue weighted by Gasteiger charge is 2.28. The molecule has 5 nitrogen and oxygen atoms in total. The fourth-order valence-corrected chi connectivity index (χ4v) is 4.22. The predicted molar refractivity (Wildman–Crippen MR) is 111 cm³/mol. The van der Waals surface area contributed by atoms with Crippen LogP contribution in [0.15, 0.2) is 30.3 Å². The van der Waals surface area contributed by atoms with Crippen LogP contribution >= 0.6 is 0 Å². The number of likely N-dealkylation sites (tertiary alicyclic amines) is 1. The molecule has 2 aliphatic rings. The van der Waals surface area contributed by atoms with Crippen molar-refractivity contribution < 1.29 is 9.53 Å². The molecular formula is C23H31N3O2. The summed E-state index contributed by atoms with van der Waals surface area (Å²) in [6.45, 7) is 6.93. The molecule has 1 aliphatic carbocycles. The molecule has 1 saturated heterocycles. The SMILES string of the molecule is COc1ccc(-n2c(C)cc(C(=O)N3CCC(NCC4CC4)CC3)c2C)cc1. The van der Waals surface area contributed by atoms with E-state index in [0.717, 1.165) is 66.8 Å². The summed E-state index contributed by atoms with van der Waals surface area (Å²) in [7, 11) is 1.67. The lowest BCUT2D eigenvalue weighted by molar-refractivity contribution is 0.0704. The maximum absolute atomic E-state index is 13.2. The Hall–Kier alpha value is -2.27. The van der Waals surface area contributed by atoms with Crippen molar-refractivity contribution in [3.63, 3.8) is 0 Å². The summed E-state index contributed by atoms with van der Waals surface area (Å²) in [6, 6.07) is 10.6. The van der Waals surface area contributed by atoms with Crippen LogP contribution in [0.1, 0.15) is 47.4 Å². The Kier molecular flexibility index (Phi) is 5.44. The van der Waals surface area contributed by atoms with Crippen LogP contribution in [0.3, 0.4) is 0 Å². The Morgan fingerprint density at radius 1 is 1.11 bits per heavy atom. The number of methoxy groups -OCH3 is 1. The van der Waals surface area contributed by atoms with Gasteiger partial charge >= 0.3 is 0 Å². The van der Waals surface area contributed by atoms with Gasteiger partial charge in [0.2, 0.25) is 0 Å². The van der Waals surface area contributed by atoms with Crippen molar-refractivity contribution in [2.24, 2.45) is 5.92 Å². The molecular weight excluding hydrogens is 350 g/mol. The maximum atomic E-state index is 13.2. The van der Waals surface area contributed by atoms with Gasteiger partial charge in [-0.05, 0) is 82.3 Å². The summed E-state index contributed by atoms with van der Waals surface area (Å²) in [4.78, 5) is 15.2. The number of hydrogen-bond donors (Lipinski definition) is 1. The van der Waals surface area contributed by atoms with Crippen molar-refractivity contribution in [3.8, 4) is 11.4 Å². The molecule has 1 aromatic heterocycles. The zero-order chi connectivity index (χ0) is 19.7. The summed E-state index contributed by atoms with van der Waals surface area (Å²) in [6.07, 6.45) is 4.87. The molecule has 0 bridgehead atoms. The molecule has 4 rings (SSSR count). The normalized spacial score (nSPS) is 17.8. The monoisotopic (exact) mass is 381 g/mol. The van der Waals surface area contributed by atoms with E-state index in [2.05, 4.69) is 16.8 Å². The minimum atomic E-state index is 0.161. The average molecular weight is 382 g/mol. The number of rotatable bonds is 6. The molecule has 2 aromatic rings. The van der Waals surface area contributed by atoms with Crippen molar-refractivity contribution in [2.75, 3.05) is 26.7 Å². The Balaban J connectivity index is 1.44. The third-order valence-corrected chi connectivity index (χ3v) is 6.17. The van der Waals surface area contributed by atoms with Crippen molar-refractivity contribution in [1.29, 1.82) is 0 Å². The smallest absolute Gasteiger partial charge is 0.255 e. The minimum absolute atomic E-state index is 0.161. The number of ether oxygens (including phenoxy) is 1. The number of piperidine rings is 1. The quantitative estimate of drug-likeness (QED) is 0.830. The number of nitrogens with zero attached hydrogens (tertiary/aromatic N) is 2. The van der Waals surface area contributed by atoms with Gasteiger partial charge in [-0.1, -0.05) is 0 Å². The van der Waals surface area contributed by atoms with Gasteiger partial charge in [-0.15, -0.1) is 0 Å². The first-order valence-corrected chi connectivity index (χ1v) is 10.4. The van der Waals surface area contributed by atoms with Crippen LogP contribution in [0.4, 0.5) is 0 Å². The minimum Gasteiger partial charge on any atom is -0.497 e. The van der Waals surface area contributed by atoms with Gasteiger partial charge in [0.25, 0.3) is 5.91 Å². The zero-order valence-electron chi connectivity index (χ0n) is 17.2. The summed E-state index contributed by atoms with van der Waals surface area (Å²) in [5.74, 6) is 1.90. The Bertz CT molecular complexity index is 828. The Labute approximate surface area is 167 Å². The van der Waals surface area contributed by atoms with Crippen molar-refractivity contribution >= 4 is 5.91 Å². The molecule has 0 atom stereocenters. The maximum Gasteiger partial charge on any atom is 0.255 e. The number of benzene rings is 1. The first-order chi connectivity index (χ1) is 13.6. The molecule has 1 saturated carbocycles. The van der Waals surface area contributed by atoms with Gasteiger partial charge in [0, 0.05) is 36.2 Å². The average Bonchev–Trinajstić information content (AvgIpc) is 3.50. The predicted octanol–water partition coefficient (Wildman–Crippen LogP) is 3.71. The molecule has 0 radical (unpaired) electrons. The van der Waals surface area contributed by atoms with Crippen LogP contribution < -0.4 is 10.1 Å². The first kappa shape index (κ1) is 19.1. The van der Waals surface area contributed by atoms with E-state index in [9.17, 15) is 4.79 Å². The number of carbonyl (C=O) groups excluding carboxylic acids is 1. The van der Waals surface area contributed by atoms with Crippen LogP contribution in [-0.4, -0.2) is 48.2 Å².